The molecule has 1 aromatic carbocycles. The summed E-state index contributed by atoms with van der Waals surface area (Å²) in [6.45, 7) is 7.67. The Kier molecular flexibility index (Phi) is 4.92. The number of nitrogens with one attached hydrogen (secondary N) is 1. The molecule has 1 aromatic rings. The Bertz CT molecular complexity index is 455. The molecule has 0 spiro atoms. The van der Waals surface area contributed by atoms with Crippen LogP contribution in [0.5, 0.6) is 11.5 Å². The van der Waals surface area contributed by atoms with Gasteiger partial charge < -0.3 is 14.8 Å². The van der Waals surface area contributed by atoms with E-state index in [1.54, 1.807) is 14.2 Å². The van der Waals surface area contributed by atoms with Gasteiger partial charge in [0.15, 0.2) is 11.5 Å². The fourth-order valence-electron chi connectivity index (χ4n) is 3.02. The van der Waals surface area contributed by atoms with Crippen LogP contribution in [0.2, 0.25) is 0 Å². The van der Waals surface area contributed by atoms with E-state index in [9.17, 15) is 0 Å². The molecule has 2 unspecified atom stereocenters. The molecule has 0 aromatic heterocycles. The Morgan fingerprint density at radius 3 is 2.30 bits per heavy atom. The topological polar surface area (TPSA) is 30.5 Å². The molecule has 1 aliphatic rings. The van der Waals surface area contributed by atoms with Crippen LogP contribution in [0.15, 0.2) is 12.1 Å². The van der Waals surface area contributed by atoms with Gasteiger partial charge in [-0.1, -0.05) is 13.8 Å². The number of ether oxygens (including phenoxy) is 2. The lowest BCUT2D eigenvalue weighted by atomic mass is 9.88. The summed E-state index contributed by atoms with van der Waals surface area (Å²) in [5.74, 6) is 3.15. The first kappa shape index (κ1) is 15.2. The second-order valence-corrected chi connectivity index (χ2v) is 5.80. The van der Waals surface area contributed by atoms with Gasteiger partial charge in [-0.05, 0) is 61.4 Å². The van der Waals surface area contributed by atoms with Crippen molar-refractivity contribution in [2.45, 2.75) is 39.7 Å². The monoisotopic (exact) mass is 277 g/mol. The van der Waals surface area contributed by atoms with E-state index in [-0.39, 0.29) is 0 Å². The number of methoxy groups -OCH3 is 2. The molecule has 1 saturated carbocycles. The van der Waals surface area contributed by atoms with E-state index in [1.165, 1.54) is 24.0 Å². The Morgan fingerprint density at radius 1 is 1.20 bits per heavy atom. The Hall–Kier alpha value is -1.22. The zero-order chi connectivity index (χ0) is 14.7. The molecule has 1 N–H and O–H groups in total. The van der Waals surface area contributed by atoms with Gasteiger partial charge in [0.25, 0.3) is 0 Å². The third-order valence-corrected chi connectivity index (χ3v) is 4.42. The highest BCUT2D eigenvalue weighted by atomic mass is 16.5. The van der Waals surface area contributed by atoms with Gasteiger partial charge in [-0.15, -0.1) is 0 Å². The lowest BCUT2D eigenvalue weighted by Crippen LogP contribution is -2.28. The van der Waals surface area contributed by atoms with Crippen LogP contribution in [0.25, 0.3) is 0 Å². The van der Waals surface area contributed by atoms with Crippen molar-refractivity contribution in [3.63, 3.8) is 0 Å². The summed E-state index contributed by atoms with van der Waals surface area (Å²) in [6.07, 6.45) is 2.74. The summed E-state index contributed by atoms with van der Waals surface area (Å²) in [6, 6.07) is 4.62. The minimum Gasteiger partial charge on any atom is -0.493 e. The second-order valence-electron chi connectivity index (χ2n) is 5.80. The molecular formula is C17H27NO2. The largest absolute Gasteiger partial charge is 0.493 e. The molecule has 20 heavy (non-hydrogen) atoms. The molecule has 112 valence electrons. The summed E-state index contributed by atoms with van der Waals surface area (Å²) in [4.78, 5) is 0. The molecule has 1 fully saturated rings. The Labute approximate surface area is 122 Å². The zero-order valence-electron chi connectivity index (χ0n) is 13.3. The molecular weight excluding hydrogens is 250 g/mol. The van der Waals surface area contributed by atoms with Gasteiger partial charge in [-0.3, -0.25) is 0 Å². The zero-order valence-corrected chi connectivity index (χ0v) is 13.3. The number of hydrogen-bond acceptors (Lipinski definition) is 3. The Morgan fingerprint density at radius 2 is 1.80 bits per heavy atom. The molecule has 0 saturated heterocycles. The average molecular weight is 277 g/mol. The first-order valence-electron chi connectivity index (χ1n) is 7.58. The van der Waals surface area contributed by atoms with Crippen LogP contribution in [0, 0.1) is 18.8 Å². The van der Waals surface area contributed by atoms with Crippen LogP contribution in [0.3, 0.4) is 0 Å². The van der Waals surface area contributed by atoms with Gasteiger partial charge in [-0.25, -0.2) is 0 Å². The number of rotatable bonds is 7. The Balaban J connectivity index is 2.36. The van der Waals surface area contributed by atoms with Crippen molar-refractivity contribution in [2.24, 2.45) is 11.8 Å². The van der Waals surface area contributed by atoms with Crippen LogP contribution in [-0.2, 0) is 0 Å². The summed E-state index contributed by atoms with van der Waals surface area (Å²) in [7, 11) is 3.38. The van der Waals surface area contributed by atoms with Crippen LogP contribution < -0.4 is 14.8 Å². The first-order chi connectivity index (χ1) is 9.62. The molecule has 0 amide bonds. The SMILES string of the molecule is CCNC(c1cc(OC)c(OC)cc1C)C(C)C1CC1. The maximum atomic E-state index is 5.46. The van der Waals surface area contributed by atoms with Gasteiger partial charge in [0.05, 0.1) is 14.2 Å². The highest BCUT2D eigenvalue weighted by molar-refractivity contribution is 5.48. The fraction of sp³-hybridized carbons (Fsp3) is 0.647. The molecule has 1 aliphatic carbocycles. The van der Waals surface area contributed by atoms with Crippen LogP contribution in [-0.4, -0.2) is 20.8 Å². The molecule has 0 bridgehead atoms. The van der Waals surface area contributed by atoms with E-state index in [0.29, 0.717) is 12.0 Å². The summed E-state index contributed by atoms with van der Waals surface area (Å²) in [5, 5.41) is 3.65. The molecule has 0 radical (unpaired) electrons. The van der Waals surface area contributed by atoms with Gasteiger partial charge >= 0.3 is 0 Å². The molecule has 2 rings (SSSR count). The van der Waals surface area contributed by atoms with Crippen molar-refractivity contribution < 1.29 is 9.47 Å². The third kappa shape index (κ3) is 3.09. The van der Waals surface area contributed by atoms with Crippen molar-refractivity contribution >= 4 is 0 Å². The summed E-state index contributed by atoms with van der Waals surface area (Å²) < 4.78 is 10.8. The van der Waals surface area contributed by atoms with Crippen molar-refractivity contribution in [1.82, 2.24) is 5.32 Å². The van der Waals surface area contributed by atoms with Crippen LogP contribution in [0.4, 0.5) is 0 Å². The van der Waals surface area contributed by atoms with E-state index >= 15 is 0 Å². The molecule has 2 atom stereocenters. The number of benzene rings is 1. The quantitative estimate of drug-likeness (QED) is 0.824. The van der Waals surface area contributed by atoms with E-state index in [1.807, 2.05) is 0 Å². The van der Waals surface area contributed by atoms with Crippen molar-refractivity contribution in [3.05, 3.63) is 23.3 Å². The van der Waals surface area contributed by atoms with Crippen LogP contribution >= 0.6 is 0 Å². The molecule has 3 nitrogen and oxygen atoms in total. The predicted octanol–water partition coefficient (Wildman–Crippen LogP) is 3.71. The van der Waals surface area contributed by atoms with Crippen molar-refractivity contribution in [3.8, 4) is 11.5 Å². The van der Waals surface area contributed by atoms with Crippen molar-refractivity contribution in [1.29, 1.82) is 0 Å². The smallest absolute Gasteiger partial charge is 0.161 e. The van der Waals surface area contributed by atoms with Gasteiger partial charge in [0.1, 0.15) is 0 Å². The molecule has 3 heteroatoms. The van der Waals surface area contributed by atoms with Crippen LogP contribution in [0.1, 0.15) is 43.9 Å². The maximum absolute atomic E-state index is 5.46. The van der Waals surface area contributed by atoms with E-state index in [0.717, 1.165) is 24.0 Å². The summed E-state index contributed by atoms with van der Waals surface area (Å²) >= 11 is 0. The maximum Gasteiger partial charge on any atom is 0.161 e. The number of hydrogen-bond donors (Lipinski definition) is 1. The van der Waals surface area contributed by atoms with E-state index in [2.05, 4.69) is 38.2 Å². The number of aryl methyl sites for hydroxylation is 1. The molecule has 0 heterocycles. The van der Waals surface area contributed by atoms with E-state index < -0.39 is 0 Å². The predicted molar refractivity (Wildman–Crippen MR) is 82.6 cm³/mol. The minimum absolute atomic E-state index is 0.396. The lowest BCUT2D eigenvalue weighted by molar-refractivity contribution is 0.341. The molecule has 0 aliphatic heterocycles. The fourth-order valence-corrected chi connectivity index (χ4v) is 3.02. The highest BCUT2D eigenvalue weighted by Gasteiger charge is 2.34. The van der Waals surface area contributed by atoms with E-state index in [4.69, 9.17) is 9.47 Å². The van der Waals surface area contributed by atoms with Crippen molar-refractivity contribution in [2.75, 3.05) is 20.8 Å². The average Bonchev–Trinajstić information content (AvgIpc) is 3.28. The highest BCUT2D eigenvalue weighted by Crippen LogP contribution is 2.44. The lowest BCUT2D eigenvalue weighted by Gasteiger charge is -2.27. The standard InChI is InChI=1S/C17H27NO2/c1-6-18-17(12(3)13-7-8-13)14-10-16(20-5)15(19-4)9-11(14)2/h9-10,12-13,17-18H,6-8H2,1-5H3. The summed E-state index contributed by atoms with van der Waals surface area (Å²) in [5.41, 5.74) is 2.60. The normalized spacial score (nSPS) is 17.6. The third-order valence-electron chi connectivity index (χ3n) is 4.42. The van der Waals surface area contributed by atoms with Gasteiger partial charge in [0, 0.05) is 6.04 Å². The first-order valence-corrected chi connectivity index (χ1v) is 7.58. The minimum atomic E-state index is 0.396. The van der Waals surface area contributed by atoms with Gasteiger partial charge in [-0.2, -0.15) is 0 Å². The second kappa shape index (κ2) is 6.49. The van der Waals surface area contributed by atoms with Gasteiger partial charge in [0.2, 0.25) is 0 Å².